The van der Waals surface area contributed by atoms with E-state index >= 15 is 0 Å². The fourth-order valence-electron chi connectivity index (χ4n) is 3.73. The Kier molecular flexibility index (Phi) is 6.82. The molecule has 1 amide bonds. The molecule has 194 valence electrons. The van der Waals surface area contributed by atoms with E-state index < -0.39 is 38.8 Å². The van der Waals surface area contributed by atoms with Crippen molar-refractivity contribution in [2.45, 2.75) is 37.1 Å². The predicted octanol–water partition coefficient (Wildman–Crippen LogP) is 5.04. The van der Waals surface area contributed by atoms with Gasteiger partial charge in [-0.3, -0.25) is 9.48 Å². The zero-order valence-corrected chi connectivity index (χ0v) is 20.7. The van der Waals surface area contributed by atoms with Crippen LogP contribution in [0.2, 0.25) is 0 Å². The maximum absolute atomic E-state index is 13.0. The summed E-state index contributed by atoms with van der Waals surface area (Å²) in [5.74, 6) is -0.853. The molecular formula is C25H24F3N5O3S. The smallest absolute Gasteiger partial charge is 0.386 e. The molecule has 37 heavy (non-hydrogen) atoms. The van der Waals surface area contributed by atoms with Gasteiger partial charge >= 0.3 is 6.18 Å². The lowest BCUT2D eigenvalue weighted by atomic mass is 9.95. The van der Waals surface area contributed by atoms with Crippen LogP contribution in [0, 0.1) is 4.78 Å². The second kappa shape index (κ2) is 9.60. The summed E-state index contributed by atoms with van der Waals surface area (Å²) in [6, 6.07) is 14.6. The molecule has 0 radical (unpaired) electrons. The number of alkyl halides is 3. The summed E-state index contributed by atoms with van der Waals surface area (Å²) < 4.78 is 61.7. The topological polar surface area (TPSA) is 121 Å². The van der Waals surface area contributed by atoms with Crippen LogP contribution in [-0.4, -0.2) is 35.7 Å². The zero-order valence-electron chi connectivity index (χ0n) is 19.9. The number of nitrogens with one attached hydrogen (secondary N) is 2. The zero-order chi connectivity index (χ0) is 27.0. The molecule has 4 rings (SSSR count). The van der Waals surface area contributed by atoms with E-state index in [1.165, 1.54) is 18.5 Å². The summed E-state index contributed by atoms with van der Waals surface area (Å²) in [4.78, 5) is 16.6. The molecular weight excluding hydrogens is 507 g/mol. The minimum Gasteiger partial charge on any atom is -0.386 e. The lowest BCUT2D eigenvalue weighted by Crippen LogP contribution is -2.22. The second-order valence-electron chi connectivity index (χ2n) is 8.96. The molecule has 0 saturated carbocycles. The predicted molar refractivity (Wildman–Crippen MR) is 133 cm³/mol. The standard InChI is InChI=1S/C25H24F3N5O3S/c1-24(2,35)18-14-20-16(15-33(32-20)11-12-37(29,36)17-7-4-3-5-8-17)13-21(18)31-23(34)19-9-6-10-22(30-19)25(26,27)28/h3-10,13-15,29,35H,11-12H2,1-2H3,(H,31,34). The summed E-state index contributed by atoms with van der Waals surface area (Å²) in [7, 11) is -3.04. The maximum atomic E-state index is 13.0. The van der Waals surface area contributed by atoms with Crippen LogP contribution < -0.4 is 5.32 Å². The van der Waals surface area contributed by atoms with Crippen molar-refractivity contribution < 1.29 is 27.3 Å². The molecule has 4 aromatic rings. The summed E-state index contributed by atoms with van der Waals surface area (Å²) in [6.45, 7) is 3.18. The highest BCUT2D eigenvalue weighted by atomic mass is 32.2. The van der Waals surface area contributed by atoms with Crippen LogP contribution in [0.1, 0.15) is 35.6 Å². The number of carbonyl (C=O) groups is 1. The molecule has 0 saturated heterocycles. The van der Waals surface area contributed by atoms with E-state index in [2.05, 4.69) is 15.4 Å². The minimum absolute atomic E-state index is 0.0220. The van der Waals surface area contributed by atoms with E-state index in [4.69, 9.17) is 4.78 Å². The van der Waals surface area contributed by atoms with Crippen molar-refractivity contribution >= 4 is 32.2 Å². The van der Waals surface area contributed by atoms with Gasteiger partial charge in [0, 0.05) is 27.7 Å². The molecule has 0 fully saturated rings. The van der Waals surface area contributed by atoms with Gasteiger partial charge in [0.2, 0.25) is 0 Å². The van der Waals surface area contributed by atoms with Crippen LogP contribution in [0.3, 0.4) is 0 Å². The number of amides is 1. The van der Waals surface area contributed by atoms with E-state index in [9.17, 15) is 27.3 Å². The Labute approximate surface area is 211 Å². The number of hydrogen-bond donors (Lipinski definition) is 3. The number of halogens is 3. The number of hydrogen-bond acceptors (Lipinski definition) is 6. The Morgan fingerprint density at radius 3 is 2.46 bits per heavy atom. The van der Waals surface area contributed by atoms with Crippen molar-refractivity contribution in [3.8, 4) is 0 Å². The van der Waals surface area contributed by atoms with Gasteiger partial charge < -0.3 is 10.4 Å². The lowest BCUT2D eigenvalue weighted by Gasteiger charge is -2.22. The molecule has 1 atom stereocenters. The first-order chi connectivity index (χ1) is 17.2. The second-order valence-corrected chi connectivity index (χ2v) is 11.2. The summed E-state index contributed by atoms with van der Waals surface area (Å²) >= 11 is 0. The molecule has 0 aliphatic carbocycles. The highest BCUT2D eigenvalue weighted by Gasteiger charge is 2.33. The molecule has 2 heterocycles. The first kappa shape index (κ1) is 26.3. The maximum Gasteiger partial charge on any atom is 0.433 e. The summed E-state index contributed by atoms with van der Waals surface area (Å²) in [5.41, 5.74) is -2.11. The molecule has 0 bridgehead atoms. The molecule has 1 unspecified atom stereocenters. The molecule has 8 nitrogen and oxygen atoms in total. The van der Waals surface area contributed by atoms with Gasteiger partial charge in [0.05, 0.1) is 33.1 Å². The van der Waals surface area contributed by atoms with Crippen LogP contribution in [0.4, 0.5) is 18.9 Å². The summed E-state index contributed by atoms with van der Waals surface area (Å²) in [5, 5.41) is 18.3. The fraction of sp³-hybridized carbons (Fsp3) is 0.240. The first-order valence-corrected chi connectivity index (χ1v) is 12.9. The Morgan fingerprint density at radius 2 is 1.81 bits per heavy atom. The van der Waals surface area contributed by atoms with Gasteiger partial charge in [-0.05, 0) is 50.2 Å². The third-order valence-corrected chi connectivity index (χ3v) is 7.39. The Morgan fingerprint density at radius 1 is 1.11 bits per heavy atom. The van der Waals surface area contributed by atoms with Gasteiger partial charge in [-0.1, -0.05) is 24.3 Å². The van der Waals surface area contributed by atoms with Crippen molar-refractivity contribution in [1.82, 2.24) is 14.8 Å². The van der Waals surface area contributed by atoms with Crippen LogP contribution in [0.15, 0.2) is 71.8 Å². The van der Waals surface area contributed by atoms with Crippen LogP contribution in [-0.2, 0) is 28.1 Å². The van der Waals surface area contributed by atoms with E-state index in [0.29, 0.717) is 21.4 Å². The largest absolute Gasteiger partial charge is 0.433 e. The Hall–Kier alpha value is -3.77. The van der Waals surface area contributed by atoms with Crippen LogP contribution >= 0.6 is 0 Å². The van der Waals surface area contributed by atoms with Crippen LogP contribution in [0.25, 0.3) is 10.9 Å². The monoisotopic (exact) mass is 531 g/mol. The molecule has 3 N–H and O–H groups in total. The molecule has 0 aliphatic heterocycles. The highest BCUT2D eigenvalue weighted by molar-refractivity contribution is 7.92. The van der Waals surface area contributed by atoms with E-state index in [1.54, 1.807) is 48.7 Å². The van der Waals surface area contributed by atoms with E-state index in [1.807, 2.05) is 0 Å². The van der Waals surface area contributed by atoms with Gasteiger partial charge in [-0.25, -0.2) is 14.0 Å². The number of aromatic nitrogens is 3. The van der Waals surface area contributed by atoms with Crippen molar-refractivity contribution in [2.75, 3.05) is 11.1 Å². The fourth-order valence-corrected chi connectivity index (χ4v) is 5.01. The van der Waals surface area contributed by atoms with Crippen molar-refractivity contribution in [1.29, 1.82) is 4.78 Å². The van der Waals surface area contributed by atoms with Crippen molar-refractivity contribution in [3.05, 3.63) is 83.8 Å². The number of aryl methyl sites for hydroxylation is 1. The third kappa shape index (κ3) is 5.97. The average Bonchev–Trinajstić information content (AvgIpc) is 3.24. The molecule has 2 aromatic heterocycles. The van der Waals surface area contributed by atoms with Gasteiger partial charge in [-0.2, -0.15) is 18.3 Å². The number of nitrogens with zero attached hydrogens (tertiary/aromatic N) is 3. The molecule has 0 aliphatic rings. The number of carbonyl (C=O) groups excluding carboxylic acids is 1. The number of benzene rings is 2. The van der Waals surface area contributed by atoms with Gasteiger partial charge in [-0.15, -0.1) is 0 Å². The lowest BCUT2D eigenvalue weighted by molar-refractivity contribution is -0.141. The van der Waals surface area contributed by atoms with Gasteiger partial charge in [0.1, 0.15) is 11.4 Å². The number of aliphatic hydroxyl groups is 1. The molecule has 0 spiro atoms. The van der Waals surface area contributed by atoms with Crippen LogP contribution in [0.5, 0.6) is 0 Å². The molecule has 2 aromatic carbocycles. The Bertz CT molecular complexity index is 1560. The summed E-state index contributed by atoms with van der Waals surface area (Å²) in [6.07, 6.45) is -3.06. The third-order valence-electron chi connectivity index (χ3n) is 5.60. The number of rotatable bonds is 7. The number of pyridine rings is 1. The van der Waals surface area contributed by atoms with Gasteiger partial charge in [0.15, 0.2) is 0 Å². The highest BCUT2D eigenvalue weighted by Crippen LogP contribution is 2.32. The van der Waals surface area contributed by atoms with E-state index in [-0.39, 0.29) is 18.0 Å². The number of anilines is 1. The SMILES string of the molecule is CC(C)(O)c1cc2nn(CCS(=N)(=O)c3ccccc3)cc2cc1NC(=O)c1cccc(C(F)(F)F)n1. The van der Waals surface area contributed by atoms with Crippen molar-refractivity contribution in [2.24, 2.45) is 0 Å². The number of fused-ring (bicyclic) bond motifs is 1. The Balaban J connectivity index is 1.63. The molecule has 12 heteroatoms. The van der Waals surface area contributed by atoms with E-state index in [0.717, 1.165) is 18.2 Å². The first-order valence-electron chi connectivity index (χ1n) is 11.2. The minimum atomic E-state index is -4.70. The van der Waals surface area contributed by atoms with Crippen molar-refractivity contribution in [3.63, 3.8) is 0 Å². The normalized spacial score (nSPS) is 13.9. The van der Waals surface area contributed by atoms with Gasteiger partial charge in [0.25, 0.3) is 5.91 Å². The average molecular weight is 532 g/mol. The quantitative estimate of drug-likeness (QED) is 0.309.